The zero-order valence-corrected chi connectivity index (χ0v) is 15.6. The Bertz CT molecular complexity index is 625. The topological polar surface area (TPSA) is 79.9 Å². The minimum absolute atomic E-state index is 0. The largest absolute Gasteiger partial charge is 0.486 e. The number of ether oxygens (including phenoxy) is 2. The van der Waals surface area contributed by atoms with Gasteiger partial charge in [0.1, 0.15) is 13.2 Å². The van der Waals surface area contributed by atoms with Crippen molar-refractivity contribution in [2.45, 2.75) is 13.0 Å². The predicted molar refractivity (Wildman–Crippen MR) is 99.8 cm³/mol. The Kier molecular flexibility index (Phi) is 7.22. The number of hydrogen-bond donors (Lipinski definition) is 2. The summed E-state index contributed by atoms with van der Waals surface area (Å²) in [6.45, 7) is 3.43. The van der Waals surface area contributed by atoms with Crippen molar-refractivity contribution < 1.29 is 19.1 Å². The Morgan fingerprint density at radius 1 is 1.32 bits per heavy atom. The lowest BCUT2D eigenvalue weighted by atomic mass is 10.2. The quantitative estimate of drug-likeness (QED) is 0.793. The molecule has 2 heterocycles. The molecule has 1 aromatic carbocycles. The van der Waals surface area contributed by atoms with Gasteiger partial charge in [0, 0.05) is 29.9 Å². The molecule has 1 fully saturated rings. The van der Waals surface area contributed by atoms with E-state index < -0.39 is 0 Å². The maximum absolute atomic E-state index is 12.4. The summed E-state index contributed by atoms with van der Waals surface area (Å²) in [6, 6.07) is 5.07. The second kappa shape index (κ2) is 9.17. The molecule has 0 aliphatic carbocycles. The van der Waals surface area contributed by atoms with Gasteiger partial charge in [-0.1, -0.05) is 0 Å². The molecule has 138 valence electrons. The zero-order valence-electron chi connectivity index (χ0n) is 13.9. The number of carbonyl (C=O) groups is 2. The van der Waals surface area contributed by atoms with Gasteiger partial charge >= 0.3 is 0 Å². The Balaban J connectivity index is 0.00000225. The molecule has 0 saturated carbocycles. The van der Waals surface area contributed by atoms with Gasteiger partial charge in [0.05, 0.1) is 12.6 Å². The smallest absolute Gasteiger partial charge is 0.243 e. The Morgan fingerprint density at radius 3 is 2.76 bits per heavy atom. The molecule has 2 N–H and O–H groups in total. The van der Waals surface area contributed by atoms with Crippen molar-refractivity contribution in [1.29, 1.82) is 0 Å². The van der Waals surface area contributed by atoms with Crippen molar-refractivity contribution in [3.05, 3.63) is 18.2 Å². The zero-order chi connectivity index (χ0) is 16.9. The number of halogens is 1. The van der Waals surface area contributed by atoms with Crippen LogP contribution in [0.15, 0.2) is 18.2 Å². The number of nitrogens with one attached hydrogen (secondary N) is 2. The Labute approximate surface area is 157 Å². The van der Waals surface area contributed by atoms with Gasteiger partial charge in [0.2, 0.25) is 11.8 Å². The van der Waals surface area contributed by atoms with E-state index in [0.717, 1.165) is 11.6 Å². The first-order valence-corrected chi connectivity index (χ1v) is 9.12. The fourth-order valence-corrected chi connectivity index (χ4v) is 3.55. The summed E-state index contributed by atoms with van der Waals surface area (Å²) in [6.07, 6.45) is 0. The fourth-order valence-electron chi connectivity index (χ4n) is 2.61. The van der Waals surface area contributed by atoms with Crippen LogP contribution in [0.3, 0.4) is 0 Å². The SMILES string of the molecule is CCN(CC(=O)Nc1ccc2c(c1)OCCO2)C(=O)C1CSCN1.Cl. The normalized spacial score (nSPS) is 18.2. The fraction of sp³-hybridized carbons (Fsp3) is 0.500. The highest BCUT2D eigenvalue weighted by atomic mass is 35.5. The summed E-state index contributed by atoms with van der Waals surface area (Å²) in [5, 5.41) is 5.95. The van der Waals surface area contributed by atoms with Gasteiger partial charge in [-0.25, -0.2) is 0 Å². The summed E-state index contributed by atoms with van der Waals surface area (Å²) >= 11 is 1.69. The van der Waals surface area contributed by atoms with Crippen molar-refractivity contribution in [2.24, 2.45) is 0 Å². The first-order chi connectivity index (χ1) is 11.7. The van der Waals surface area contributed by atoms with E-state index in [2.05, 4.69) is 10.6 Å². The number of nitrogens with zero attached hydrogens (tertiary/aromatic N) is 1. The summed E-state index contributed by atoms with van der Waals surface area (Å²) in [4.78, 5) is 26.2. The number of fused-ring (bicyclic) bond motifs is 1. The molecule has 2 aliphatic heterocycles. The Hall–Kier alpha value is -1.64. The van der Waals surface area contributed by atoms with E-state index in [-0.39, 0.29) is 36.8 Å². The Morgan fingerprint density at radius 2 is 2.08 bits per heavy atom. The van der Waals surface area contributed by atoms with Crippen LogP contribution in [-0.2, 0) is 9.59 Å². The van der Waals surface area contributed by atoms with Crippen LogP contribution in [0.25, 0.3) is 0 Å². The van der Waals surface area contributed by atoms with E-state index in [1.54, 1.807) is 34.9 Å². The third-order valence-electron chi connectivity index (χ3n) is 3.87. The molecule has 25 heavy (non-hydrogen) atoms. The van der Waals surface area contributed by atoms with Gasteiger partial charge in [-0.2, -0.15) is 0 Å². The monoisotopic (exact) mass is 387 g/mol. The number of rotatable bonds is 5. The van der Waals surface area contributed by atoms with E-state index in [0.29, 0.717) is 36.9 Å². The number of benzene rings is 1. The molecule has 0 spiro atoms. The van der Waals surface area contributed by atoms with Gasteiger partial charge in [-0.3, -0.25) is 14.9 Å². The van der Waals surface area contributed by atoms with E-state index in [9.17, 15) is 9.59 Å². The number of likely N-dealkylation sites (N-methyl/N-ethyl adjacent to an activating group) is 1. The molecule has 1 aromatic rings. The van der Waals surface area contributed by atoms with E-state index in [1.807, 2.05) is 6.92 Å². The van der Waals surface area contributed by atoms with E-state index in [1.165, 1.54) is 0 Å². The van der Waals surface area contributed by atoms with Crippen LogP contribution < -0.4 is 20.1 Å². The molecule has 2 aliphatic rings. The second-order valence-corrected chi connectivity index (χ2v) is 6.56. The van der Waals surface area contributed by atoms with Crippen LogP contribution in [0.5, 0.6) is 11.5 Å². The highest BCUT2D eigenvalue weighted by Crippen LogP contribution is 2.32. The van der Waals surface area contributed by atoms with Gasteiger partial charge < -0.3 is 19.7 Å². The maximum atomic E-state index is 12.4. The molecule has 0 radical (unpaired) electrons. The number of thioether (sulfide) groups is 1. The van der Waals surface area contributed by atoms with Gasteiger partial charge in [-0.15, -0.1) is 24.2 Å². The van der Waals surface area contributed by atoms with Crippen molar-refractivity contribution in [2.75, 3.05) is 43.2 Å². The van der Waals surface area contributed by atoms with Crippen LogP contribution in [0.2, 0.25) is 0 Å². The van der Waals surface area contributed by atoms with Crippen LogP contribution >= 0.6 is 24.2 Å². The van der Waals surface area contributed by atoms with Crippen molar-refractivity contribution in [1.82, 2.24) is 10.2 Å². The lowest BCUT2D eigenvalue weighted by molar-refractivity contribution is -0.135. The molecular formula is C16H22ClN3O4S. The number of carbonyl (C=O) groups excluding carboxylic acids is 2. The summed E-state index contributed by atoms with van der Waals surface area (Å²) in [7, 11) is 0. The average Bonchev–Trinajstić information content (AvgIpc) is 3.13. The van der Waals surface area contributed by atoms with Crippen molar-refractivity contribution in [3.63, 3.8) is 0 Å². The number of amides is 2. The molecule has 1 atom stereocenters. The molecule has 0 aromatic heterocycles. The minimum atomic E-state index is -0.229. The van der Waals surface area contributed by atoms with Crippen LogP contribution in [-0.4, -0.2) is 60.7 Å². The molecule has 0 bridgehead atoms. The van der Waals surface area contributed by atoms with Crippen molar-refractivity contribution in [3.8, 4) is 11.5 Å². The minimum Gasteiger partial charge on any atom is -0.486 e. The molecule has 1 unspecified atom stereocenters. The first kappa shape index (κ1) is 19.7. The van der Waals surface area contributed by atoms with Gasteiger partial charge in [0.25, 0.3) is 0 Å². The number of hydrogen-bond acceptors (Lipinski definition) is 6. The lowest BCUT2D eigenvalue weighted by Gasteiger charge is -2.23. The number of anilines is 1. The highest BCUT2D eigenvalue weighted by Gasteiger charge is 2.27. The molecule has 3 rings (SSSR count). The predicted octanol–water partition coefficient (Wildman–Crippen LogP) is 1.33. The highest BCUT2D eigenvalue weighted by molar-refractivity contribution is 7.99. The second-order valence-electron chi connectivity index (χ2n) is 5.53. The standard InChI is InChI=1S/C16H21N3O4S.ClH/c1-2-19(16(21)12-9-24-10-17-12)8-15(20)18-11-3-4-13-14(7-11)23-6-5-22-13;/h3-4,7,12,17H,2,5-6,8-10H2,1H3,(H,18,20);1H. The van der Waals surface area contributed by atoms with Crippen molar-refractivity contribution >= 4 is 41.7 Å². The van der Waals surface area contributed by atoms with Crippen LogP contribution in [0.4, 0.5) is 5.69 Å². The van der Waals surface area contributed by atoms with E-state index in [4.69, 9.17) is 9.47 Å². The van der Waals surface area contributed by atoms with Gasteiger partial charge in [0.15, 0.2) is 11.5 Å². The summed E-state index contributed by atoms with van der Waals surface area (Å²) in [5.74, 6) is 2.56. The third kappa shape index (κ3) is 4.93. The van der Waals surface area contributed by atoms with Gasteiger partial charge in [-0.05, 0) is 19.1 Å². The molecule has 1 saturated heterocycles. The average molecular weight is 388 g/mol. The molecular weight excluding hydrogens is 366 g/mol. The third-order valence-corrected chi connectivity index (χ3v) is 4.81. The molecule has 2 amide bonds. The molecule has 9 heteroatoms. The maximum Gasteiger partial charge on any atom is 0.243 e. The van der Waals surface area contributed by atoms with E-state index >= 15 is 0 Å². The lowest BCUT2D eigenvalue weighted by Crippen LogP contribution is -2.47. The van der Waals surface area contributed by atoms with Crippen LogP contribution in [0.1, 0.15) is 6.92 Å². The van der Waals surface area contributed by atoms with Crippen LogP contribution in [0, 0.1) is 0 Å². The molecule has 7 nitrogen and oxygen atoms in total. The first-order valence-electron chi connectivity index (χ1n) is 7.97. The summed E-state index contributed by atoms with van der Waals surface area (Å²) in [5.41, 5.74) is 0.627. The summed E-state index contributed by atoms with van der Waals surface area (Å²) < 4.78 is 11.0.